The van der Waals surface area contributed by atoms with E-state index in [-0.39, 0.29) is 5.97 Å². The van der Waals surface area contributed by atoms with Crippen LogP contribution in [0.25, 0.3) is 0 Å². The quantitative estimate of drug-likeness (QED) is 0.640. The summed E-state index contributed by atoms with van der Waals surface area (Å²) in [5.41, 5.74) is -0.162. The smallest absolute Gasteiger partial charge is 0.312 e. The van der Waals surface area contributed by atoms with Crippen molar-refractivity contribution in [2.75, 3.05) is 0 Å². The maximum atomic E-state index is 12.2. The second-order valence-electron chi connectivity index (χ2n) is 5.80. The molecule has 0 aliphatic heterocycles. The van der Waals surface area contributed by atoms with E-state index in [4.69, 9.17) is 4.74 Å². The van der Waals surface area contributed by atoms with E-state index in [0.29, 0.717) is 0 Å². The van der Waals surface area contributed by atoms with Crippen molar-refractivity contribution >= 4 is 37.8 Å². The SMILES string of the molecule is CCC(C)(C)C(=O)OC(C)(C)c1cc(Br)cc(Br)c1. The van der Waals surface area contributed by atoms with Crippen LogP contribution in [0, 0.1) is 5.41 Å². The van der Waals surface area contributed by atoms with Gasteiger partial charge in [-0.3, -0.25) is 4.79 Å². The van der Waals surface area contributed by atoms with E-state index < -0.39 is 11.0 Å². The summed E-state index contributed by atoms with van der Waals surface area (Å²) in [4.78, 5) is 12.2. The van der Waals surface area contributed by atoms with Crippen LogP contribution in [0.3, 0.4) is 0 Å². The Balaban J connectivity index is 3.01. The summed E-state index contributed by atoms with van der Waals surface area (Å²) in [6.07, 6.45) is 0.754. The summed E-state index contributed by atoms with van der Waals surface area (Å²) >= 11 is 6.91. The largest absolute Gasteiger partial charge is 0.454 e. The fourth-order valence-electron chi connectivity index (χ4n) is 1.47. The second-order valence-corrected chi connectivity index (χ2v) is 7.63. The van der Waals surface area contributed by atoms with Gasteiger partial charge in [-0.1, -0.05) is 38.8 Å². The topological polar surface area (TPSA) is 26.3 Å². The van der Waals surface area contributed by atoms with Gasteiger partial charge in [0.25, 0.3) is 0 Å². The molecule has 0 atom stereocenters. The van der Waals surface area contributed by atoms with Crippen LogP contribution in [0.4, 0.5) is 0 Å². The summed E-state index contributed by atoms with van der Waals surface area (Å²) in [5, 5.41) is 0. The van der Waals surface area contributed by atoms with Gasteiger partial charge in [-0.25, -0.2) is 0 Å². The van der Waals surface area contributed by atoms with Crippen LogP contribution in [0.15, 0.2) is 27.1 Å². The second kappa shape index (κ2) is 5.96. The van der Waals surface area contributed by atoms with Crippen LogP contribution in [0.2, 0.25) is 0 Å². The van der Waals surface area contributed by atoms with E-state index in [1.165, 1.54) is 0 Å². The third kappa shape index (κ3) is 4.32. The highest BCUT2D eigenvalue weighted by molar-refractivity contribution is 9.11. The standard InChI is InChI=1S/C15H20Br2O2/c1-6-14(2,3)13(18)19-15(4,5)10-7-11(16)9-12(17)8-10/h7-9H,6H2,1-5H3. The van der Waals surface area contributed by atoms with E-state index in [0.717, 1.165) is 20.9 Å². The first kappa shape index (κ1) is 16.7. The van der Waals surface area contributed by atoms with Gasteiger partial charge in [0.15, 0.2) is 0 Å². The van der Waals surface area contributed by atoms with Gasteiger partial charge in [-0.15, -0.1) is 0 Å². The highest BCUT2D eigenvalue weighted by atomic mass is 79.9. The van der Waals surface area contributed by atoms with E-state index in [1.54, 1.807) is 0 Å². The molecule has 0 aliphatic rings. The van der Waals surface area contributed by atoms with Gasteiger partial charge >= 0.3 is 5.97 Å². The molecule has 4 heteroatoms. The molecule has 0 aromatic heterocycles. The number of hydrogen-bond donors (Lipinski definition) is 0. The first-order valence-corrected chi connectivity index (χ1v) is 7.87. The molecule has 2 nitrogen and oxygen atoms in total. The molecule has 0 amide bonds. The Morgan fingerprint density at radius 2 is 1.58 bits per heavy atom. The Hall–Kier alpha value is -0.350. The highest BCUT2D eigenvalue weighted by Gasteiger charge is 2.33. The highest BCUT2D eigenvalue weighted by Crippen LogP contribution is 2.33. The maximum Gasteiger partial charge on any atom is 0.312 e. The molecule has 19 heavy (non-hydrogen) atoms. The summed E-state index contributed by atoms with van der Waals surface area (Å²) in [5.74, 6) is -0.170. The molecule has 0 unspecified atom stereocenters. The first-order valence-electron chi connectivity index (χ1n) is 6.28. The predicted octanol–water partition coefficient (Wildman–Crippen LogP) is 5.43. The molecule has 0 fully saturated rings. The van der Waals surface area contributed by atoms with Gasteiger partial charge in [-0.05, 0) is 57.9 Å². The van der Waals surface area contributed by atoms with Crippen LogP contribution < -0.4 is 0 Å². The van der Waals surface area contributed by atoms with Gasteiger partial charge in [0, 0.05) is 8.95 Å². The Morgan fingerprint density at radius 1 is 1.11 bits per heavy atom. The Labute approximate surface area is 132 Å². The zero-order valence-electron chi connectivity index (χ0n) is 12.0. The molecule has 0 heterocycles. The van der Waals surface area contributed by atoms with Gasteiger partial charge < -0.3 is 4.74 Å². The average molecular weight is 392 g/mol. The van der Waals surface area contributed by atoms with E-state index >= 15 is 0 Å². The van der Waals surface area contributed by atoms with Crippen molar-refractivity contribution in [1.82, 2.24) is 0 Å². The normalized spacial score (nSPS) is 12.4. The summed E-state index contributed by atoms with van der Waals surface area (Å²) in [6.45, 7) is 9.62. The van der Waals surface area contributed by atoms with Crippen molar-refractivity contribution in [2.45, 2.75) is 46.6 Å². The zero-order valence-corrected chi connectivity index (χ0v) is 15.2. The van der Waals surface area contributed by atoms with Crippen LogP contribution >= 0.6 is 31.9 Å². The minimum atomic E-state index is -0.657. The number of hydrogen-bond acceptors (Lipinski definition) is 2. The summed E-state index contributed by atoms with van der Waals surface area (Å²) in [6, 6.07) is 5.89. The van der Waals surface area contributed by atoms with Crippen LogP contribution in [-0.4, -0.2) is 5.97 Å². The molecule has 106 valence electrons. The van der Waals surface area contributed by atoms with Gasteiger partial charge in [0.1, 0.15) is 5.60 Å². The Morgan fingerprint density at radius 3 is 2.00 bits per heavy atom. The molecule has 1 rings (SSSR count). The van der Waals surface area contributed by atoms with Crippen LogP contribution in [-0.2, 0) is 15.1 Å². The monoisotopic (exact) mass is 390 g/mol. The number of esters is 1. The molecule has 0 bridgehead atoms. The van der Waals surface area contributed by atoms with Crippen molar-refractivity contribution in [3.8, 4) is 0 Å². The lowest BCUT2D eigenvalue weighted by molar-refractivity contribution is -0.168. The lowest BCUT2D eigenvalue weighted by atomic mass is 9.89. The Kier molecular flexibility index (Phi) is 5.24. The lowest BCUT2D eigenvalue weighted by Crippen LogP contribution is -2.33. The zero-order chi connectivity index (χ0) is 14.8. The molecule has 0 saturated carbocycles. The van der Waals surface area contributed by atoms with Gasteiger partial charge in [0.05, 0.1) is 5.41 Å². The third-order valence-corrected chi connectivity index (χ3v) is 4.26. The van der Waals surface area contributed by atoms with Gasteiger partial charge in [0.2, 0.25) is 0 Å². The van der Waals surface area contributed by atoms with Crippen LogP contribution in [0.1, 0.15) is 46.6 Å². The summed E-state index contributed by atoms with van der Waals surface area (Å²) in [7, 11) is 0. The molecule has 0 N–H and O–H groups in total. The van der Waals surface area contributed by atoms with Crippen molar-refractivity contribution in [2.24, 2.45) is 5.41 Å². The van der Waals surface area contributed by atoms with E-state index in [2.05, 4.69) is 31.9 Å². The molecular weight excluding hydrogens is 372 g/mol. The molecule has 0 radical (unpaired) electrons. The Bertz CT molecular complexity index is 459. The number of carbonyl (C=O) groups excluding carboxylic acids is 1. The molecule has 0 spiro atoms. The number of benzene rings is 1. The number of rotatable bonds is 4. The molecular formula is C15H20Br2O2. The third-order valence-electron chi connectivity index (χ3n) is 3.34. The van der Waals surface area contributed by atoms with Gasteiger partial charge in [-0.2, -0.15) is 0 Å². The van der Waals surface area contributed by atoms with E-state index in [1.807, 2.05) is 52.8 Å². The minimum absolute atomic E-state index is 0.170. The number of halogens is 2. The molecule has 0 aliphatic carbocycles. The van der Waals surface area contributed by atoms with Crippen LogP contribution in [0.5, 0.6) is 0 Å². The average Bonchev–Trinajstić information content (AvgIpc) is 2.27. The van der Waals surface area contributed by atoms with Crippen molar-refractivity contribution in [3.05, 3.63) is 32.7 Å². The number of carbonyl (C=O) groups is 1. The summed E-state index contributed by atoms with van der Waals surface area (Å²) < 4.78 is 7.62. The first-order chi connectivity index (χ1) is 8.58. The fourth-order valence-corrected chi connectivity index (χ4v) is 2.77. The lowest BCUT2D eigenvalue weighted by Gasteiger charge is -2.31. The molecule has 0 saturated heterocycles. The van der Waals surface area contributed by atoms with Crippen molar-refractivity contribution < 1.29 is 9.53 Å². The van der Waals surface area contributed by atoms with Crippen molar-refractivity contribution in [3.63, 3.8) is 0 Å². The molecule has 1 aromatic carbocycles. The maximum absolute atomic E-state index is 12.2. The molecule has 1 aromatic rings. The van der Waals surface area contributed by atoms with Crippen molar-refractivity contribution in [1.29, 1.82) is 0 Å². The van der Waals surface area contributed by atoms with E-state index in [9.17, 15) is 4.79 Å². The minimum Gasteiger partial charge on any atom is -0.454 e. The predicted molar refractivity (Wildman–Crippen MR) is 85.0 cm³/mol. The number of ether oxygens (including phenoxy) is 1. The fraction of sp³-hybridized carbons (Fsp3) is 0.533.